The Labute approximate surface area is 102 Å². The number of pyridine rings is 1. The summed E-state index contributed by atoms with van der Waals surface area (Å²) in [4.78, 5) is 4.46. The Morgan fingerprint density at radius 2 is 2.18 bits per heavy atom. The van der Waals surface area contributed by atoms with Crippen molar-refractivity contribution in [3.8, 4) is 12.3 Å². The zero-order valence-corrected chi connectivity index (χ0v) is 9.98. The molecule has 1 heterocycles. The van der Waals surface area contributed by atoms with Crippen LogP contribution >= 0.6 is 0 Å². The van der Waals surface area contributed by atoms with Gasteiger partial charge in [0.25, 0.3) is 0 Å². The highest BCUT2D eigenvalue weighted by Crippen LogP contribution is 2.24. The molecular weight excluding hydrogens is 208 g/mol. The first kappa shape index (κ1) is 11.6. The molecule has 0 saturated carbocycles. The lowest BCUT2D eigenvalue weighted by Gasteiger charge is -2.17. The molecule has 1 aromatic carbocycles. The number of rotatable bonds is 4. The molecule has 0 saturated heterocycles. The Hall–Kier alpha value is -1.85. The van der Waals surface area contributed by atoms with Crippen LogP contribution in [0, 0.1) is 12.3 Å². The summed E-state index contributed by atoms with van der Waals surface area (Å²) in [6.45, 7) is 2.98. The van der Waals surface area contributed by atoms with Crippen LogP contribution in [0.5, 0.6) is 0 Å². The number of aromatic nitrogens is 1. The molecule has 0 aliphatic carbocycles. The molecule has 0 aliphatic heterocycles. The smallest absolute Gasteiger partial charge is 0.0750 e. The Morgan fingerprint density at radius 1 is 1.35 bits per heavy atom. The predicted molar refractivity (Wildman–Crippen MR) is 71.6 cm³/mol. The van der Waals surface area contributed by atoms with Crippen LogP contribution in [-0.4, -0.2) is 11.5 Å². The standard InChI is InChI=1S/C15H16N2/c1-3-7-14(16-4-2)13-10-5-8-12-9-6-11-17-15(12)13/h1,5-6,8-11,14,16H,4,7H2,2H3. The third-order valence-corrected chi connectivity index (χ3v) is 2.81. The van der Waals surface area contributed by atoms with Crippen LogP contribution < -0.4 is 5.32 Å². The van der Waals surface area contributed by atoms with Crippen LogP contribution in [0.2, 0.25) is 0 Å². The van der Waals surface area contributed by atoms with Gasteiger partial charge in [-0.1, -0.05) is 31.2 Å². The van der Waals surface area contributed by atoms with Gasteiger partial charge in [0.1, 0.15) is 0 Å². The molecule has 0 aliphatic rings. The molecule has 0 fully saturated rings. The van der Waals surface area contributed by atoms with Crippen molar-refractivity contribution < 1.29 is 0 Å². The lowest BCUT2D eigenvalue weighted by atomic mass is 10.0. The Bertz CT molecular complexity index is 535. The van der Waals surface area contributed by atoms with Gasteiger partial charge in [-0.15, -0.1) is 12.3 Å². The lowest BCUT2D eigenvalue weighted by molar-refractivity contribution is 0.568. The van der Waals surface area contributed by atoms with Crippen LogP contribution in [0.4, 0.5) is 0 Å². The van der Waals surface area contributed by atoms with Crippen LogP contribution in [0.1, 0.15) is 24.9 Å². The van der Waals surface area contributed by atoms with Crippen molar-refractivity contribution >= 4 is 10.9 Å². The van der Waals surface area contributed by atoms with Crippen LogP contribution in [0.25, 0.3) is 10.9 Å². The average molecular weight is 224 g/mol. The van der Waals surface area contributed by atoms with E-state index in [2.05, 4.69) is 47.4 Å². The molecule has 1 unspecified atom stereocenters. The number of fused-ring (bicyclic) bond motifs is 1. The molecule has 2 rings (SSSR count). The molecule has 86 valence electrons. The molecule has 2 heteroatoms. The third-order valence-electron chi connectivity index (χ3n) is 2.81. The number of nitrogens with one attached hydrogen (secondary N) is 1. The maximum Gasteiger partial charge on any atom is 0.0750 e. The van der Waals surface area contributed by atoms with Gasteiger partial charge < -0.3 is 5.32 Å². The number of nitrogens with zero attached hydrogens (tertiary/aromatic N) is 1. The average Bonchev–Trinajstić information content (AvgIpc) is 2.38. The quantitative estimate of drug-likeness (QED) is 0.808. The Kier molecular flexibility index (Phi) is 3.74. The minimum absolute atomic E-state index is 0.184. The zero-order valence-electron chi connectivity index (χ0n) is 9.98. The van der Waals surface area contributed by atoms with Gasteiger partial charge in [-0.2, -0.15) is 0 Å². The van der Waals surface area contributed by atoms with E-state index in [4.69, 9.17) is 6.42 Å². The molecule has 17 heavy (non-hydrogen) atoms. The second-order valence-electron chi connectivity index (χ2n) is 3.94. The van der Waals surface area contributed by atoms with Gasteiger partial charge in [0.2, 0.25) is 0 Å². The fraction of sp³-hybridized carbons (Fsp3) is 0.267. The van der Waals surface area contributed by atoms with Crippen LogP contribution in [0.15, 0.2) is 36.5 Å². The van der Waals surface area contributed by atoms with Crippen LogP contribution in [0.3, 0.4) is 0 Å². The molecular formula is C15H16N2. The Morgan fingerprint density at radius 3 is 2.94 bits per heavy atom. The molecule has 1 atom stereocenters. The summed E-state index contributed by atoms with van der Waals surface area (Å²) in [7, 11) is 0. The summed E-state index contributed by atoms with van der Waals surface area (Å²) in [5, 5.41) is 4.57. The van der Waals surface area contributed by atoms with Gasteiger partial charge in [-0.25, -0.2) is 0 Å². The molecule has 2 aromatic rings. The third kappa shape index (κ3) is 2.46. The lowest BCUT2D eigenvalue weighted by Crippen LogP contribution is -2.20. The number of para-hydroxylation sites is 1. The minimum Gasteiger partial charge on any atom is -0.309 e. The van der Waals surface area contributed by atoms with Gasteiger partial charge in [0, 0.05) is 24.0 Å². The van der Waals surface area contributed by atoms with Crippen molar-refractivity contribution in [1.82, 2.24) is 10.3 Å². The molecule has 1 aromatic heterocycles. The maximum absolute atomic E-state index is 5.43. The topological polar surface area (TPSA) is 24.9 Å². The van der Waals surface area contributed by atoms with E-state index in [1.54, 1.807) is 0 Å². The van der Waals surface area contributed by atoms with Crippen molar-refractivity contribution in [1.29, 1.82) is 0 Å². The van der Waals surface area contributed by atoms with E-state index in [1.807, 2.05) is 12.3 Å². The first-order valence-corrected chi connectivity index (χ1v) is 5.87. The zero-order chi connectivity index (χ0) is 12.1. The van der Waals surface area contributed by atoms with E-state index in [-0.39, 0.29) is 6.04 Å². The van der Waals surface area contributed by atoms with E-state index in [0.29, 0.717) is 6.42 Å². The second-order valence-corrected chi connectivity index (χ2v) is 3.94. The van der Waals surface area contributed by atoms with E-state index in [1.165, 1.54) is 5.56 Å². The maximum atomic E-state index is 5.43. The van der Waals surface area contributed by atoms with Crippen molar-refractivity contribution in [2.45, 2.75) is 19.4 Å². The van der Waals surface area contributed by atoms with Crippen LogP contribution in [-0.2, 0) is 0 Å². The highest BCUT2D eigenvalue weighted by Gasteiger charge is 2.12. The summed E-state index contributed by atoms with van der Waals surface area (Å²) in [6.07, 6.45) is 7.94. The SMILES string of the molecule is C#CCC(NCC)c1cccc2cccnc12. The van der Waals surface area contributed by atoms with Gasteiger partial charge in [-0.05, 0) is 18.2 Å². The van der Waals surface area contributed by atoms with E-state index in [9.17, 15) is 0 Å². The number of hydrogen-bond donors (Lipinski definition) is 1. The van der Waals surface area contributed by atoms with Crippen molar-refractivity contribution in [2.24, 2.45) is 0 Å². The molecule has 2 nitrogen and oxygen atoms in total. The molecule has 0 spiro atoms. The summed E-state index contributed by atoms with van der Waals surface area (Å²) >= 11 is 0. The minimum atomic E-state index is 0.184. The number of benzene rings is 1. The second kappa shape index (κ2) is 5.47. The molecule has 1 N–H and O–H groups in total. The molecule has 0 amide bonds. The van der Waals surface area contributed by atoms with Gasteiger partial charge >= 0.3 is 0 Å². The van der Waals surface area contributed by atoms with Crippen molar-refractivity contribution in [3.63, 3.8) is 0 Å². The predicted octanol–water partition coefficient (Wildman–Crippen LogP) is 2.91. The summed E-state index contributed by atoms with van der Waals surface area (Å²) < 4.78 is 0. The number of terminal acetylenes is 1. The Balaban J connectivity index is 2.49. The molecule has 0 bridgehead atoms. The molecule has 0 radical (unpaired) electrons. The largest absolute Gasteiger partial charge is 0.309 e. The van der Waals surface area contributed by atoms with E-state index < -0.39 is 0 Å². The fourth-order valence-electron chi connectivity index (χ4n) is 2.07. The first-order valence-electron chi connectivity index (χ1n) is 5.87. The summed E-state index contributed by atoms with van der Waals surface area (Å²) in [6, 6.07) is 10.4. The monoisotopic (exact) mass is 224 g/mol. The van der Waals surface area contributed by atoms with Gasteiger partial charge in [0.15, 0.2) is 0 Å². The van der Waals surface area contributed by atoms with Gasteiger partial charge in [0.05, 0.1) is 5.52 Å². The first-order chi connectivity index (χ1) is 8.36. The van der Waals surface area contributed by atoms with Crippen molar-refractivity contribution in [2.75, 3.05) is 6.54 Å². The normalized spacial score (nSPS) is 12.2. The number of hydrogen-bond acceptors (Lipinski definition) is 2. The van der Waals surface area contributed by atoms with E-state index in [0.717, 1.165) is 17.4 Å². The summed E-state index contributed by atoms with van der Waals surface area (Å²) in [5.74, 6) is 2.73. The van der Waals surface area contributed by atoms with Gasteiger partial charge in [-0.3, -0.25) is 4.98 Å². The highest BCUT2D eigenvalue weighted by molar-refractivity contribution is 5.82. The van der Waals surface area contributed by atoms with E-state index >= 15 is 0 Å². The summed E-state index contributed by atoms with van der Waals surface area (Å²) in [5.41, 5.74) is 2.22. The fourth-order valence-corrected chi connectivity index (χ4v) is 2.07. The highest BCUT2D eigenvalue weighted by atomic mass is 14.9. The van der Waals surface area contributed by atoms with Crippen molar-refractivity contribution in [3.05, 3.63) is 42.1 Å².